The summed E-state index contributed by atoms with van der Waals surface area (Å²) < 4.78 is 45.3. The van der Waals surface area contributed by atoms with Crippen molar-refractivity contribution < 1.29 is 27.4 Å². The summed E-state index contributed by atoms with van der Waals surface area (Å²) >= 11 is 0. The van der Waals surface area contributed by atoms with Crippen LogP contribution in [0.25, 0.3) is 0 Å². The van der Waals surface area contributed by atoms with Crippen molar-refractivity contribution in [3.05, 3.63) is 60.2 Å². The number of ether oxygens (including phenoxy) is 2. The fourth-order valence-electron chi connectivity index (χ4n) is 2.32. The summed E-state index contributed by atoms with van der Waals surface area (Å²) in [7, 11) is 0. The van der Waals surface area contributed by atoms with E-state index in [0.29, 0.717) is 25.1 Å². The van der Waals surface area contributed by atoms with Crippen LogP contribution in [0.15, 0.2) is 59.6 Å². The molecule has 0 bridgehead atoms. The van der Waals surface area contributed by atoms with Gasteiger partial charge in [-0.2, -0.15) is 0 Å². The minimum atomic E-state index is -4.73. The molecule has 0 heterocycles. The van der Waals surface area contributed by atoms with Crippen molar-refractivity contribution in [3.63, 3.8) is 0 Å². The van der Waals surface area contributed by atoms with Gasteiger partial charge in [0.1, 0.15) is 12.4 Å². The molecular formula is C20H22F3N3O3. The number of hydrogen-bond acceptors (Lipinski definition) is 4. The average molecular weight is 409 g/mol. The van der Waals surface area contributed by atoms with E-state index >= 15 is 0 Å². The van der Waals surface area contributed by atoms with Crippen LogP contribution in [0.4, 0.5) is 18.9 Å². The van der Waals surface area contributed by atoms with E-state index in [1.54, 1.807) is 0 Å². The number of rotatable bonds is 9. The smallest absolute Gasteiger partial charge is 0.461 e. The molecule has 2 rings (SSSR count). The van der Waals surface area contributed by atoms with Gasteiger partial charge in [-0.05, 0) is 42.7 Å². The van der Waals surface area contributed by atoms with E-state index in [4.69, 9.17) is 10.5 Å². The number of halogens is 3. The minimum Gasteiger partial charge on any atom is -0.461 e. The van der Waals surface area contributed by atoms with E-state index < -0.39 is 6.36 Å². The van der Waals surface area contributed by atoms with Gasteiger partial charge in [-0.25, -0.2) is 0 Å². The summed E-state index contributed by atoms with van der Waals surface area (Å²) in [5.74, 6) is -0.469. The summed E-state index contributed by atoms with van der Waals surface area (Å²) in [4.78, 5) is 15.8. The highest BCUT2D eigenvalue weighted by Gasteiger charge is 2.30. The van der Waals surface area contributed by atoms with Crippen LogP contribution in [0.5, 0.6) is 5.75 Å². The maximum Gasteiger partial charge on any atom is 0.573 e. The number of esters is 1. The number of alkyl halides is 3. The Balaban J connectivity index is 1.62. The number of nitrogens with one attached hydrogen (secondary N) is 1. The molecule has 0 aliphatic carbocycles. The van der Waals surface area contributed by atoms with E-state index in [1.165, 1.54) is 24.3 Å². The number of carbonyl (C=O) groups excluding carboxylic acids is 1. The highest BCUT2D eigenvalue weighted by atomic mass is 19.4. The Hall–Kier alpha value is -3.23. The quantitative estimate of drug-likeness (QED) is 0.280. The molecule has 9 heteroatoms. The van der Waals surface area contributed by atoms with E-state index in [0.717, 1.165) is 5.56 Å². The number of unbranched alkanes of at least 4 members (excludes halogenated alkanes) is 1. The number of benzene rings is 2. The number of carbonyl (C=O) groups is 1. The fraction of sp³-hybridized carbons (Fsp3) is 0.300. The number of nitrogens with two attached hydrogens (primary N) is 1. The second-order valence-corrected chi connectivity index (χ2v) is 6.07. The van der Waals surface area contributed by atoms with Crippen LogP contribution in [-0.4, -0.2) is 24.8 Å². The first-order valence-corrected chi connectivity index (χ1v) is 8.94. The number of aliphatic imine (C=N–C) groups is 1. The van der Waals surface area contributed by atoms with Gasteiger partial charge in [-0.3, -0.25) is 9.79 Å². The molecule has 2 aromatic carbocycles. The highest BCUT2D eigenvalue weighted by Crippen LogP contribution is 2.23. The topological polar surface area (TPSA) is 85.9 Å². The zero-order valence-electron chi connectivity index (χ0n) is 15.6. The molecule has 29 heavy (non-hydrogen) atoms. The number of guanidine groups is 1. The maximum atomic E-state index is 12.1. The third kappa shape index (κ3) is 9.50. The van der Waals surface area contributed by atoms with E-state index in [-0.39, 0.29) is 30.7 Å². The minimum absolute atomic E-state index is 0.126. The molecular weight excluding hydrogens is 387 g/mol. The maximum absolute atomic E-state index is 12.1. The lowest BCUT2D eigenvalue weighted by Gasteiger charge is -2.10. The fourth-order valence-corrected chi connectivity index (χ4v) is 2.32. The molecule has 156 valence electrons. The Bertz CT molecular complexity index is 794. The second-order valence-electron chi connectivity index (χ2n) is 6.07. The van der Waals surface area contributed by atoms with Gasteiger partial charge in [0.25, 0.3) is 0 Å². The van der Waals surface area contributed by atoms with Crippen LogP contribution in [-0.2, 0) is 16.1 Å². The third-order valence-corrected chi connectivity index (χ3v) is 3.67. The monoisotopic (exact) mass is 409 g/mol. The Morgan fingerprint density at radius 3 is 2.38 bits per heavy atom. The molecule has 0 aliphatic heterocycles. The lowest BCUT2D eigenvalue weighted by Crippen LogP contribution is -2.23. The van der Waals surface area contributed by atoms with Crippen molar-refractivity contribution in [3.8, 4) is 5.75 Å². The summed E-state index contributed by atoms with van der Waals surface area (Å²) in [5, 5.41) is 2.77. The molecule has 0 atom stereocenters. The van der Waals surface area contributed by atoms with Crippen LogP contribution in [0.3, 0.4) is 0 Å². The molecule has 6 nitrogen and oxygen atoms in total. The van der Waals surface area contributed by atoms with Crippen molar-refractivity contribution in [1.29, 1.82) is 0 Å². The third-order valence-electron chi connectivity index (χ3n) is 3.67. The predicted molar refractivity (Wildman–Crippen MR) is 103 cm³/mol. The van der Waals surface area contributed by atoms with Crippen molar-refractivity contribution in [2.45, 2.75) is 32.2 Å². The van der Waals surface area contributed by atoms with Gasteiger partial charge < -0.3 is 20.5 Å². The van der Waals surface area contributed by atoms with Crippen LogP contribution < -0.4 is 15.8 Å². The van der Waals surface area contributed by atoms with Crippen LogP contribution in [0.2, 0.25) is 0 Å². The van der Waals surface area contributed by atoms with Crippen LogP contribution in [0, 0.1) is 0 Å². The van der Waals surface area contributed by atoms with E-state index in [2.05, 4.69) is 15.0 Å². The number of nitrogens with zero attached hydrogens (tertiary/aromatic N) is 1. The van der Waals surface area contributed by atoms with Gasteiger partial charge in [0.15, 0.2) is 5.96 Å². The normalized spacial score (nSPS) is 11.8. The van der Waals surface area contributed by atoms with Gasteiger partial charge in [0, 0.05) is 18.7 Å². The average Bonchev–Trinajstić information content (AvgIpc) is 2.67. The van der Waals surface area contributed by atoms with Crippen LogP contribution >= 0.6 is 0 Å². The first kappa shape index (κ1) is 22.1. The number of anilines is 1. The van der Waals surface area contributed by atoms with Crippen molar-refractivity contribution in [1.82, 2.24) is 0 Å². The zero-order chi connectivity index (χ0) is 21.1. The van der Waals surface area contributed by atoms with E-state index in [1.807, 2.05) is 30.3 Å². The summed E-state index contributed by atoms with van der Waals surface area (Å²) in [6.45, 7) is 0.654. The summed E-state index contributed by atoms with van der Waals surface area (Å²) in [6.07, 6.45) is -3.20. The lowest BCUT2D eigenvalue weighted by atomic mass is 10.2. The molecule has 0 radical (unpaired) electrons. The van der Waals surface area contributed by atoms with Gasteiger partial charge in [-0.15, -0.1) is 13.2 Å². The summed E-state index contributed by atoms with van der Waals surface area (Å²) in [6, 6.07) is 14.6. The molecule has 3 N–H and O–H groups in total. The Labute approximate surface area is 166 Å². The molecule has 0 aliphatic rings. The Morgan fingerprint density at radius 1 is 1.03 bits per heavy atom. The molecule has 0 saturated carbocycles. The number of hydrogen-bond donors (Lipinski definition) is 2. The standard InChI is InChI=1S/C20H22F3N3O3/c21-20(22,23)29-17-11-9-16(10-12-17)26-19(24)25-13-5-4-8-18(27)28-14-15-6-2-1-3-7-15/h1-3,6-7,9-12H,4-5,8,13-14H2,(H3,24,25,26). The van der Waals surface area contributed by atoms with E-state index in [9.17, 15) is 18.0 Å². The van der Waals surface area contributed by atoms with Crippen molar-refractivity contribution in [2.24, 2.45) is 10.7 Å². The molecule has 0 amide bonds. The summed E-state index contributed by atoms with van der Waals surface area (Å²) in [5.41, 5.74) is 7.15. The van der Waals surface area contributed by atoms with Gasteiger partial charge in [0.2, 0.25) is 0 Å². The Kier molecular flexibility index (Phi) is 8.32. The second kappa shape index (κ2) is 10.9. The molecule has 0 saturated heterocycles. The van der Waals surface area contributed by atoms with Gasteiger partial charge >= 0.3 is 12.3 Å². The van der Waals surface area contributed by atoms with Gasteiger partial charge in [0.05, 0.1) is 0 Å². The molecule has 0 spiro atoms. The predicted octanol–water partition coefficient (Wildman–Crippen LogP) is 4.23. The Morgan fingerprint density at radius 2 is 1.72 bits per heavy atom. The first-order chi connectivity index (χ1) is 13.8. The van der Waals surface area contributed by atoms with Crippen LogP contribution in [0.1, 0.15) is 24.8 Å². The van der Waals surface area contributed by atoms with Crippen molar-refractivity contribution >= 4 is 17.6 Å². The lowest BCUT2D eigenvalue weighted by molar-refractivity contribution is -0.274. The molecule has 0 aromatic heterocycles. The molecule has 2 aromatic rings. The SMILES string of the molecule is NC(=NCCCCC(=O)OCc1ccccc1)Nc1ccc(OC(F)(F)F)cc1. The molecule has 0 unspecified atom stereocenters. The molecule has 0 fully saturated rings. The largest absolute Gasteiger partial charge is 0.573 e. The first-order valence-electron chi connectivity index (χ1n) is 8.94. The van der Waals surface area contributed by atoms with Crippen molar-refractivity contribution in [2.75, 3.05) is 11.9 Å². The highest BCUT2D eigenvalue weighted by molar-refractivity contribution is 5.92. The van der Waals surface area contributed by atoms with Gasteiger partial charge in [-0.1, -0.05) is 30.3 Å². The zero-order valence-corrected chi connectivity index (χ0v) is 15.6.